The van der Waals surface area contributed by atoms with Crippen LogP contribution in [-0.2, 0) is 0 Å². The standard InChI is InChI=1S/C25H20N6/c1-15-20-7-5-18(28-20)13-16-3-4-17(27-16)14-19-6-8-22(29-19)24(23-10-9-21(15)30-23)25-26-11-12-31(25)2/h3-14,26-27H,1-2H3/b18-13?,19-14?,21-15?,25-24+. The molecule has 0 saturated carbocycles. The minimum absolute atomic E-state index is 0.879. The quantitative estimate of drug-likeness (QED) is 0.679. The summed E-state index contributed by atoms with van der Waals surface area (Å²) in [7, 11) is 2.02. The first-order valence-corrected chi connectivity index (χ1v) is 10.2. The van der Waals surface area contributed by atoms with Gasteiger partial charge in [0.05, 0.1) is 39.8 Å². The van der Waals surface area contributed by atoms with Crippen molar-refractivity contribution in [2.24, 2.45) is 15.0 Å². The molecular formula is C25H20N6. The normalized spacial score (nSPS) is 23.3. The summed E-state index contributed by atoms with van der Waals surface area (Å²) in [4.78, 5) is 20.1. The number of fused-ring (bicyclic) bond motifs is 5. The maximum Gasteiger partial charge on any atom is 0.121 e. The fraction of sp³-hybridized carbons (Fsp3) is 0.0800. The van der Waals surface area contributed by atoms with Gasteiger partial charge in [0.25, 0.3) is 0 Å². The second kappa shape index (κ2) is 6.67. The summed E-state index contributed by atoms with van der Waals surface area (Å²) in [6.07, 6.45) is 20.3. The highest BCUT2D eigenvalue weighted by Crippen LogP contribution is 2.28. The van der Waals surface area contributed by atoms with E-state index in [-0.39, 0.29) is 0 Å². The molecule has 5 aliphatic heterocycles. The number of aliphatic imine (C=N–C) groups is 3. The van der Waals surface area contributed by atoms with Gasteiger partial charge in [0.15, 0.2) is 0 Å². The van der Waals surface area contributed by atoms with Crippen molar-refractivity contribution in [3.8, 4) is 0 Å². The van der Waals surface area contributed by atoms with Crippen molar-refractivity contribution in [2.75, 3.05) is 7.05 Å². The van der Waals surface area contributed by atoms with E-state index in [1.807, 2.05) is 55.9 Å². The topological polar surface area (TPSA) is 68.1 Å². The van der Waals surface area contributed by atoms with Crippen LogP contribution in [0.1, 0.15) is 18.3 Å². The largest absolute Gasteiger partial charge is 0.355 e. The maximum absolute atomic E-state index is 4.96. The molecule has 0 fully saturated rings. The Labute approximate surface area is 180 Å². The Balaban J connectivity index is 1.58. The summed E-state index contributed by atoms with van der Waals surface area (Å²) in [6.45, 7) is 2.07. The number of nitrogens with one attached hydrogen (secondary N) is 2. The fourth-order valence-electron chi connectivity index (χ4n) is 4.05. The van der Waals surface area contributed by atoms with E-state index < -0.39 is 0 Å². The summed E-state index contributed by atoms with van der Waals surface area (Å²) in [5.74, 6) is 0.957. The molecule has 31 heavy (non-hydrogen) atoms. The predicted molar refractivity (Wildman–Crippen MR) is 126 cm³/mol. The van der Waals surface area contributed by atoms with E-state index in [4.69, 9.17) is 15.0 Å². The monoisotopic (exact) mass is 404 g/mol. The Kier molecular flexibility index (Phi) is 3.80. The van der Waals surface area contributed by atoms with Gasteiger partial charge < -0.3 is 15.2 Å². The highest BCUT2D eigenvalue weighted by atomic mass is 15.3. The molecular weight excluding hydrogens is 384 g/mol. The fourth-order valence-corrected chi connectivity index (χ4v) is 4.05. The van der Waals surface area contributed by atoms with E-state index in [0.717, 1.165) is 62.6 Å². The lowest BCUT2D eigenvalue weighted by Gasteiger charge is -2.17. The van der Waals surface area contributed by atoms with Gasteiger partial charge in [-0.1, -0.05) is 0 Å². The first-order valence-electron chi connectivity index (χ1n) is 10.2. The van der Waals surface area contributed by atoms with Gasteiger partial charge in [-0.05, 0) is 67.7 Å². The van der Waals surface area contributed by atoms with Crippen LogP contribution in [0.4, 0.5) is 0 Å². The molecule has 0 aromatic carbocycles. The Morgan fingerprint density at radius 1 is 0.774 bits per heavy atom. The summed E-state index contributed by atoms with van der Waals surface area (Å²) in [5, 5.41) is 3.34. The third-order valence-electron chi connectivity index (χ3n) is 5.69. The number of nitrogens with zero attached hydrogens (tertiary/aromatic N) is 4. The average molecular weight is 404 g/mol. The average Bonchev–Trinajstić information content (AvgIpc) is 3.56. The van der Waals surface area contributed by atoms with Crippen LogP contribution in [0.15, 0.2) is 110 Å². The molecule has 1 aromatic heterocycles. The molecule has 6 heteroatoms. The van der Waals surface area contributed by atoms with E-state index in [2.05, 4.69) is 46.4 Å². The van der Waals surface area contributed by atoms with Gasteiger partial charge in [-0.3, -0.25) is 0 Å². The van der Waals surface area contributed by atoms with E-state index in [1.54, 1.807) is 0 Å². The lowest BCUT2D eigenvalue weighted by atomic mass is 10.0. The lowest BCUT2D eigenvalue weighted by Crippen LogP contribution is -2.23. The zero-order valence-corrected chi connectivity index (χ0v) is 17.2. The van der Waals surface area contributed by atoms with Crippen molar-refractivity contribution in [1.29, 1.82) is 0 Å². The van der Waals surface area contributed by atoms with Crippen LogP contribution in [0.2, 0.25) is 0 Å². The Hall–Kier alpha value is -4.19. The molecule has 0 spiro atoms. The molecule has 6 nitrogen and oxygen atoms in total. The molecule has 0 aliphatic carbocycles. The van der Waals surface area contributed by atoms with Gasteiger partial charge >= 0.3 is 0 Å². The summed E-state index contributed by atoms with van der Waals surface area (Å²) in [5.41, 5.74) is 9.44. The minimum Gasteiger partial charge on any atom is -0.355 e. The van der Waals surface area contributed by atoms with Crippen molar-refractivity contribution in [2.45, 2.75) is 6.92 Å². The minimum atomic E-state index is 0.879. The molecule has 0 amide bonds. The Morgan fingerprint density at radius 2 is 1.42 bits per heavy atom. The van der Waals surface area contributed by atoms with Gasteiger partial charge in [0.1, 0.15) is 5.82 Å². The summed E-state index contributed by atoms with van der Waals surface area (Å²) < 4.78 is 0. The number of H-pyrrole nitrogens is 1. The van der Waals surface area contributed by atoms with Crippen LogP contribution in [0.3, 0.4) is 0 Å². The van der Waals surface area contributed by atoms with Gasteiger partial charge in [-0.15, -0.1) is 0 Å². The van der Waals surface area contributed by atoms with E-state index in [0.29, 0.717) is 0 Å². The van der Waals surface area contributed by atoms with Crippen LogP contribution < -0.4 is 5.32 Å². The van der Waals surface area contributed by atoms with Gasteiger partial charge in [-0.25, -0.2) is 15.0 Å². The molecule has 6 rings (SSSR count). The molecule has 2 N–H and O–H groups in total. The molecule has 0 radical (unpaired) electrons. The van der Waals surface area contributed by atoms with Crippen LogP contribution in [-0.4, -0.2) is 34.1 Å². The van der Waals surface area contributed by atoms with Crippen LogP contribution in [0, 0.1) is 0 Å². The Bertz CT molecular complexity index is 1360. The molecule has 6 heterocycles. The van der Waals surface area contributed by atoms with Crippen molar-refractivity contribution < 1.29 is 0 Å². The number of aromatic amines is 1. The van der Waals surface area contributed by atoms with E-state index in [9.17, 15) is 0 Å². The number of rotatable bonds is 0. The third kappa shape index (κ3) is 3.00. The maximum atomic E-state index is 4.96. The van der Waals surface area contributed by atoms with Crippen molar-refractivity contribution in [3.63, 3.8) is 0 Å². The third-order valence-corrected chi connectivity index (χ3v) is 5.69. The van der Waals surface area contributed by atoms with Crippen LogP contribution in [0.25, 0.3) is 12.2 Å². The predicted octanol–water partition coefficient (Wildman–Crippen LogP) is 4.23. The second-order valence-electron chi connectivity index (χ2n) is 7.80. The lowest BCUT2D eigenvalue weighted by molar-refractivity contribution is 0.568. The number of hydrogen-bond donors (Lipinski definition) is 2. The second-order valence-corrected chi connectivity index (χ2v) is 7.80. The van der Waals surface area contributed by atoms with Gasteiger partial charge in [0.2, 0.25) is 0 Å². The number of allylic oxidation sites excluding steroid dienone is 8. The van der Waals surface area contributed by atoms with E-state index >= 15 is 0 Å². The zero-order valence-electron chi connectivity index (χ0n) is 17.2. The van der Waals surface area contributed by atoms with E-state index in [1.165, 1.54) is 0 Å². The van der Waals surface area contributed by atoms with Crippen molar-refractivity contribution in [1.82, 2.24) is 15.2 Å². The number of aromatic nitrogens is 1. The number of hydrogen-bond acceptors (Lipinski definition) is 5. The zero-order chi connectivity index (χ0) is 20.9. The molecule has 0 saturated heterocycles. The molecule has 1 aromatic rings. The molecule has 5 aliphatic rings. The SMILES string of the molecule is CC1=C2C=CC(=N2)/C(=C2\NC=CN2C)C2=NC(=Cc3ccc([nH]3)C=C3C=CC1=N3)C=C2. The Morgan fingerprint density at radius 3 is 2.13 bits per heavy atom. The highest BCUT2D eigenvalue weighted by molar-refractivity contribution is 6.33. The molecule has 8 bridgehead atoms. The van der Waals surface area contributed by atoms with Gasteiger partial charge in [0, 0.05) is 36.4 Å². The van der Waals surface area contributed by atoms with Crippen molar-refractivity contribution >= 4 is 29.3 Å². The first kappa shape index (κ1) is 17.7. The summed E-state index contributed by atoms with van der Waals surface area (Å²) in [6, 6.07) is 4.11. The molecule has 0 unspecified atom stereocenters. The molecule has 0 atom stereocenters. The van der Waals surface area contributed by atoms with Crippen molar-refractivity contribution in [3.05, 3.63) is 106 Å². The molecule has 150 valence electrons. The summed E-state index contributed by atoms with van der Waals surface area (Å²) >= 11 is 0. The smallest absolute Gasteiger partial charge is 0.121 e. The van der Waals surface area contributed by atoms with Crippen LogP contribution in [0.5, 0.6) is 0 Å². The van der Waals surface area contributed by atoms with Gasteiger partial charge in [-0.2, -0.15) is 0 Å². The highest BCUT2D eigenvalue weighted by Gasteiger charge is 2.25. The van der Waals surface area contributed by atoms with Crippen LogP contribution >= 0.6 is 0 Å². The first-order chi connectivity index (χ1) is 15.1.